The normalized spacial score (nSPS) is 11.1. The molecular weight excluding hydrogens is 301 g/mol. The molecule has 4 N–H and O–H groups in total. The van der Waals surface area contributed by atoms with E-state index in [1.807, 2.05) is 0 Å². The number of rotatable bonds is 14. The van der Waals surface area contributed by atoms with Crippen LogP contribution >= 0.6 is 7.82 Å². The van der Waals surface area contributed by atoms with E-state index in [4.69, 9.17) is 15.5 Å². The van der Waals surface area contributed by atoms with Gasteiger partial charge < -0.3 is 15.5 Å². The molecule has 0 unspecified atom stereocenters. The van der Waals surface area contributed by atoms with Gasteiger partial charge in [0, 0.05) is 0 Å². The van der Waals surface area contributed by atoms with Crippen LogP contribution in [0.25, 0.3) is 0 Å². The topological polar surface area (TPSA) is 92.8 Å². The maximum absolute atomic E-state index is 10.2. The predicted molar refractivity (Wildman–Crippen MR) is 93.8 cm³/mol. The Hall–Kier alpha value is 0.0700. The second-order valence-electron chi connectivity index (χ2n) is 5.65. The molecule has 0 aromatic heterocycles. The van der Waals surface area contributed by atoms with Crippen LogP contribution in [0.1, 0.15) is 90.9 Å². The first-order chi connectivity index (χ1) is 10.5. The van der Waals surface area contributed by atoms with E-state index >= 15 is 0 Å². The molecule has 0 spiro atoms. The standard InChI is InChI=1S/C8H19N.C8H19O4P/c1-2-3-4-5-6-7-8-9;1-2-3-4-5-6-7-8-12-13(9,10)11/h2-9H2,1H3;2-8H2,1H3,(H2,9,10,11). The van der Waals surface area contributed by atoms with E-state index in [0.717, 1.165) is 25.8 Å². The largest absolute Gasteiger partial charge is 0.469 e. The zero-order valence-electron chi connectivity index (χ0n) is 14.6. The van der Waals surface area contributed by atoms with Crippen LogP contribution in [0, 0.1) is 0 Å². The molecule has 0 aliphatic rings. The predicted octanol–water partition coefficient (Wildman–Crippen LogP) is 4.76. The van der Waals surface area contributed by atoms with Crippen LogP contribution in [0.5, 0.6) is 0 Å². The molecule has 0 aliphatic carbocycles. The number of phosphoric ester groups is 1. The fourth-order valence-corrected chi connectivity index (χ4v) is 2.36. The zero-order valence-corrected chi connectivity index (χ0v) is 15.5. The molecule has 22 heavy (non-hydrogen) atoms. The Morgan fingerprint density at radius 3 is 1.59 bits per heavy atom. The third-order valence-electron chi connectivity index (χ3n) is 3.32. The van der Waals surface area contributed by atoms with Crippen molar-refractivity contribution in [2.24, 2.45) is 5.73 Å². The van der Waals surface area contributed by atoms with Crippen molar-refractivity contribution in [2.45, 2.75) is 90.9 Å². The van der Waals surface area contributed by atoms with Crippen molar-refractivity contribution in [1.82, 2.24) is 0 Å². The minimum atomic E-state index is -4.23. The second kappa shape index (κ2) is 19.1. The maximum Gasteiger partial charge on any atom is 0.469 e. The third-order valence-corrected chi connectivity index (χ3v) is 3.83. The molecule has 0 aromatic carbocycles. The first-order valence-corrected chi connectivity index (χ1v) is 10.4. The number of hydrogen-bond donors (Lipinski definition) is 3. The lowest BCUT2D eigenvalue weighted by Gasteiger charge is -2.04. The molecular formula is C16H38NO4P. The average Bonchev–Trinajstić information content (AvgIpc) is 2.46. The van der Waals surface area contributed by atoms with Crippen molar-refractivity contribution in [2.75, 3.05) is 13.2 Å². The molecule has 0 saturated carbocycles. The molecule has 0 radical (unpaired) electrons. The summed E-state index contributed by atoms with van der Waals surface area (Å²) >= 11 is 0. The van der Waals surface area contributed by atoms with E-state index in [9.17, 15) is 4.57 Å². The summed E-state index contributed by atoms with van der Waals surface area (Å²) in [4.78, 5) is 16.7. The van der Waals surface area contributed by atoms with Gasteiger partial charge in [0.15, 0.2) is 0 Å². The van der Waals surface area contributed by atoms with Crippen molar-refractivity contribution < 1.29 is 18.9 Å². The number of phosphoric acid groups is 1. The van der Waals surface area contributed by atoms with Crippen LogP contribution in [-0.2, 0) is 9.09 Å². The van der Waals surface area contributed by atoms with E-state index in [-0.39, 0.29) is 6.61 Å². The molecule has 0 aliphatic heterocycles. The molecule has 5 nitrogen and oxygen atoms in total. The summed E-state index contributed by atoms with van der Waals surface area (Å²) in [6.45, 7) is 5.42. The quantitative estimate of drug-likeness (QED) is 0.313. The second-order valence-corrected chi connectivity index (χ2v) is 6.89. The van der Waals surface area contributed by atoms with Crippen LogP contribution in [0.3, 0.4) is 0 Å². The van der Waals surface area contributed by atoms with Crippen LogP contribution in [0.15, 0.2) is 0 Å². The lowest BCUT2D eigenvalue weighted by molar-refractivity contribution is 0.193. The van der Waals surface area contributed by atoms with Crippen LogP contribution in [0.4, 0.5) is 0 Å². The summed E-state index contributed by atoms with van der Waals surface area (Å²) in [5, 5.41) is 0. The van der Waals surface area contributed by atoms with Crippen molar-refractivity contribution in [1.29, 1.82) is 0 Å². The molecule has 0 heterocycles. The molecule has 0 aromatic rings. The zero-order chi connectivity index (χ0) is 17.1. The Labute approximate surface area is 137 Å². The van der Waals surface area contributed by atoms with E-state index in [0.29, 0.717) is 0 Å². The minimum absolute atomic E-state index is 0.163. The number of nitrogens with two attached hydrogens (primary N) is 1. The van der Waals surface area contributed by atoms with Gasteiger partial charge in [-0.25, -0.2) is 4.57 Å². The monoisotopic (exact) mass is 339 g/mol. The summed E-state index contributed by atoms with van der Waals surface area (Å²) < 4.78 is 14.5. The van der Waals surface area contributed by atoms with Gasteiger partial charge in [0.25, 0.3) is 0 Å². The Balaban J connectivity index is 0. The van der Waals surface area contributed by atoms with Crippen molar-refractivity contribution in [3.05, 3.63) is 0 Å². The van der Waals surface area contributed by atoms with Gasteiger partial charge in [0.2, 0.25) is 0 Å². The Morgan fingerprint density at radius 2 is 1.18 bits per heavy atom. The van der Waals surface area contributed by atoms with Gasteiger partial charge in [0.05, 0.1) is 6.61 Å². The molecule has 0 rings (SSSR count). The third kappa shape index (κ3) is 28.3. The van der Waals surface area contributed by atoms with E-state index < -0.39 is 7.82 Å². The van der Waals surface area contributed by atoms with Crippen LogP contribution < -0.4 is 5.73 Å². The van der Waals surface area contributed by atoms with Gasteiger partial charge >= 0.3 is 7.82 Å². The average molecular weight is 339 g/mol. The van der Waals surface area contributed by atoms with Crippen LogP contribution in [0.2, 0.25) is 0 Å². The highest BCUT2D eigenvalue weighted by molar-refractivity contribution is 7.46. The summed E-state index contributed by atoms with van der Waals surface area (Å²) in [6, 6.07) is 0. The lowest BCUT2D eigenvalue weighted by Crippen LogP contribution is -1.97. The molecule has 0 fully saturated rings. The van der Waals surface area contributed by atoms with Gasteiger partial charge in [-0.2, -0.15) is 0 Å². The fourth-order valence-electron chi connectivity index (χ4n) is 1.99. The fraction of sp³-hybridized carbons (Fsp3) is 1.00. The van der Waals surface area contributed by atoms with E-state index in [1.165, 1.54) is 57.8 Å². The number of hydrogen-bond acceptors (Lipinski definition) is 3. The summed E-state index contributed by atoms with van der Waals surface area (Å²) in [6.07, 6.45) is 14.5. The van der Waals surface area contributed by atoms with Gasteiger partial charge in [-0.1, -0.05) is 78.1 Å². The molecule has 136 valence electrons. The van der Waals surface area contributed by atoms with Crippen molar-refractivity contribution >= 4 is 7.82 Å². The Bertz CT molecular complexity index is 240. The molecule has 0 bridgehead atoms. The number of unbranched alkanes of at least 4 members (excludes halogenated alkanes) is 10. The first kappa shape index (κ1) is 24.3. The highest BCUT2D eigenvalue weighted by Crippen LogP contribution is 2.35. The Morgan fingerprint density at radius 1 is 0.773 bits per heavy atom. The molecule has 0 saturated heterocycles. The summed E-state index contributed by atoms with van der Waals surface area (Å²) in [7, 11) is -4.23. The van der Waals surface area contributed by atoms with Gasteiger partial charge in [-0.3, -0.25) is 4.52 Å². The van der Waals surface area contributed by atoms with Crippen molar-refractivity contribution in [3.63, 3.8) is 0 Å². The van der Waals surface area contributed by atoms with Gasteiger partial charge in [-0.05, 0) is 19.4 Å². The van der Waals surface area contributed by atoms with Crippen molar-refractivity contribution in [3.8, 4) is 0 Å². The van der Waals surface area contributed by atoms with E-state index in [1.54, 1.807) is 0 Å². The summed E-state index contributed by atoms with van der Waals surface area (Å²) in [5.74, 6) is 0. The van der Waals surface area contributed by atoms with Gasteiger partial charge in [0.1, 0.15) is 0 Å². The summed E-state index contributed by atoms with van der Waals surface area (Å²) in [5.41, 5.74) is 5.34. The highest BCUT2D eigenvalue weighted by atomic mass is 31.2. The lowest BCUT2D eigenvalue weighted by atomic mass is 10.1. The molecule has 6 heteroatoms. The van der Waals surface area contributed by atoms with Gasteiger partial charge in [-0.15, -0.1) is 0 Å². The minimum Gasteiger partial charge on any atom is -0.330 e. The smallest absolute Gasteiger partial charge is 0.330 e. The molecule has 0 amide bonds. The maximum atomic E-state index is 10.2. The SMILES string of the molecule is CCCCCCCCN.CCCCCCCCOP(=O)(O)O. The highest BCUT2D eigenvalue weighted by Gasteiger charge is 2.12. The molecule has 0 atom stereocenters. The first-order valence-electron chi connectivity index (χ1n) is 8.88. The van der Waals surface area contributed by atoms with Crippen LogP contribution in [-0.4, -0.2) is 22.9 Å². The van der Waals surface area contributed by atoms with E-state index in [2.05, 4.69) is 18.4 Å². The Kier molecular flexibility index (Phi) is 21.1.